The second-order valence-electron chi connectivity index (χ2n) is 4.03. The number of benzene rings is 1. The summed E-state index contributed by atoms with van der Waals surface area (Å²) < 4.78 is 5.40. The highest BCUT2D eigenvalue weighted by molar-refractivity contribution is 14.1. The molecule has 0 aliphatic carbocycles. The number of rotatable bonds is 2. The fourth-order valence-corrected chi connectivity index (χ4v) is 2.26. The molecule has 0 saturated heterocycles. The molecule has 0 fully saturated rings. The molecule has 19 heavy (non-hydrogen) atoms. The first-order valence-corrected chi connectivity index (χ1v) is 6.75. The van der Waals surface area contributed by atoms with Crippen LogP contribution in [0.5, 0.6) is 5.75 Å². The minimum atomic E-state index is -0.694. The summed E-state index contributed by atoms with van der Waals surface area (Å²) in [6.07, 6.45) is 1.31. The number of halogens is 1. The maximum absolute atomic E-state index is 12.2. The summed E-state index contributed by atoms with van der Waals surface area (Å²) in [5.74, 6) is -0.802. The number of esters is 1. The Morgan fingerprint density at radius 3 is 2.84 bits per heavy atom. The van der Waals surface area contributed by atoms with Crippen LogP contribution in [-0.2, 0) is 4.74 Å². The van der Waals surface area contributed by atoms with Gasteiger partial charge in [0.2, 0.25) is 5.43 Å². The topological polar surface area (TPSA) is 79.4 Å². The number of phenols is 1. The van der Waals surface area contributed by atoms with Crippen molar-refractivity contribution < 1.29 is 14.6 Å². The van der Waals surface area contributed by atoms with Gasteiger partial charge in [0.25, 0.3) is 0 Å². The van der Waals surface area contributed by atoms with Gasteiger partial charge < -0.3 is 14.8 Å². The number of pyridine rings is 1. The molecule has 0 unspecified atom stereocenters. The lowest BCUT2D eigenvalue weighted by molar-refractivity contribution is 0.0524. The van der Waals surface area contributed by atoms with E-state index in [9.17, 15) is 14.7 Å². The Bertz CT molecular complexity index is 721. The van der Waals surface area contributed by atoms with Gasteiger partial charge in [-0.05, 0) is 48.1 Å². The summed E-state index contributed by atoms with van der Waals surface area (Å²) in [7, 11) is 0. The fraction of sp³-hybridized carbons (Fsp3) is 0.231. The van der Waals surface area contributed by atoms with Gasteiger partial charge in [0.1, 0.15) is 11.3 Å². The number of aryl methyl sites for hydroxylation is 1. The standard InChI is InChI=1S/C13H12INO4/c1-3-19-13(18)7-5-15-8-4-6(2)10(14)12(17)9(8)11(7)16/h4-5,17H,3H2,1-2H3,(H,15,16). The molecule has 0 aliphatic rings. The Balaban J connectivity index is 2.78. The van der Waals surface area contributed by atoms with Gasteiger partial charge in [0, 0.05) is 6.20 Å². The van der Waals surface area contributed by atoms with E-state index in [1.54, 1.807) is 13.0 Å². The van der Waals surface area contributed by atoms with Crippen molar-refractivity contribution in [2.45, 2.75) is 13.8 Å². The monoisotopic (exact) mass is 373 g/mol. The Labute approximate surface area is 122 Å². The van der Waals surface area contributed by atoms with Crippen molar-refractivity contribution in [2.75, 3.05) is 6.61 Å². The van der Waals surface area contributed by atoms with Crippen molar-refractivity contribution in [3.05, 3.63) is 37.2 Å². The largest absolute Gasteiger partial charge is 0.506 e. The number of H-pyrrole nitrogens is 1. The van der Waals surface area contributed by atoms with E-state index in [2.05, 4.69) is 4.98 Å². The number of aromatic hydroxyl groups is 1. The third-order valence-electron chi connectivity index (χ3n) is 2.76. The third-order valence-corrected chi connectivity index (χ3v) is 4.12. The van der Waals surface area contributed by atoms with Crippen molar-refractivity contribution in [2.24, 2.45) is 0 Å². The van der Waals surface area contributed by atoms with E-state index in [0.29, 0.717) is 9.09 Å². The lowest BCUT2D eigenvalue weighted by atomic mass is 10.1. The highest BCUT2D eigenvalue weighted by Crippen LogP contribution is 2.29. The normalized spacial score (nSPS) is 10.7. The van der Waals surface area contributed by atoms with E-state index in [1.807, 2.05) is 29.5 Å². The van der Waals surface area contributed by atoms with Crippen LogP contribution in [0.1, 0.15) is 22.8 Å². The molecule has 1 heterocycles. The molecule has 0 saturated carbocycles. The van der Waals surface area contributed by atoms with E-state index in [-0.39, 0.29) is 23.3 Å². The van der Waals surface area contributed by atoms with Crippen LogP contribution in [0.25, 0.3) is 10.9 Å². The quantitative estimate of drug-likeness (QED) is 0.626. The van der Waals surface area contributed by atoms with E-state index in [1.165, 1.54) is 6.20 Å². The van der Waals surface area contributed by atoms with Crippen molar-refractivity contribution >= 4 is 39.5 Å². The molecule has 0 radical (unpaired) electrons. The van der Waals surface area contributed by atoms with Crippen LogP contribution in [0.4, 0.5) is 0 Å². The summed E-state index contributed by atoms with van der Waals surface area (Å²) in [6.45, 7) is 3.68. The van der Waals surface area contributed by atoms with Crippen LogP contribution in [0.3, 0.4) is 0 Å². The lowest BCUT2D eigenvalue weighted by Gasteiger charge is -2.08. The molecule has 1 aromatic heterocycles. The highest BCUT2D eigenvalue weighted by Gasteiger charge is 2.18. The zero-order valence-corrected chi connectivity index (χ0v) is 12.6. The number of fused-ring (bicyclic) bond motifs is 1. The number of nitrogens with one attached hydrogen (secondary N) is 1. The number of phenolic OH excluding ortho intramolecular Hbond substituents is 1. The van der Waals surface area contributed by atoms with E-state index in [0.717, 1.165) is 5.56 Å². The fourth-order valence-electron chi connectivity index (χ4n) is 1.83. The van der Waals surface area contributed by atoms with Gasteiger partial charge in [-0.3, -0.25) is 4.79 Å². The first-order chi connectivity index (χ1) is 8.97. The molecule has 2 rings (SSSR count). The van der Waals surface area contributed by atoms with Gasteiger partial charge >= 0.3 is 5.97 Å². The minimum absolute atomic E-state index is 0.107. The molecule has 1 aromatic carbocycles. The van der Waals surface area contributed by atoms with Crippen molar-refractivity contribution in [1.29, 1.82) is 0 Å². The second kappa shape index (κ2) is 5.20. The smallest absolute Gasteiger partial charge is 0.343 e. The van der Waals surface area contributed by atoms with Crippen LogP contribution >= 0.6 is 22.6 Å². The summed E-state index contributed by atoms with van der Waals surface area (Å²) in [5, 5.41) is 10.2. The number of ether oxygens (including phenoxy) is 1. The number of aromatic amines is 1. The molecular weight excluding hydrogens is 361 g/mol. The van der Waals surface area contributed by atoms with Crippen LogP contribution in [0.15, 0.2) is 17.1 Å². The molecule has 0 bridgehead atoms. The summed E-state index contributed by atoms with van der Waals surface area (Å²) in [6, 6.07) is 1.76. The lowest BCUT2D eigenvalue weighted by Crippen LogP contribution is -2.18. The van der Waals surface area contributed by atoms with Crippen molar-refractivity contribution in [1.82, 2.24) is 4.98 Å². The zero-order chi connectivity index (χ0) is 14.2. The van der Waals surface area contributed by atoms with E-state index in [4.69, 9.17) is 4.74 Å². The Morgan fingerprint density at radius 2 is 2.21 bits per heavy atom. The van der Waals surface area contributed by atoms with Crippen molar-refractivity contribution in [3.63, 3.8) is 0 Å². The van der Waals surface area contributed by atoms with Gasteiger partial charge in [-0.2, -0.15) is 0 Å². The van der Waals surface area contributed by atoms with Crippen LogP contribution in [0.2, 0.25) is 0 Å². The van der Waals surface area contributed by atoms with Crippen LogP contribution in [-0.4, -0.2) is 22.7 Å². The number of hydrogen-bond donors (Lipinski definition) is 2. The highest BCUT2D eigenvalue weighted by atomic mass is 127. The Morgan fingerprint density at radius 1 is 1.53 bits per heavy atom. The van der Waals surface area contributed by atoms with Gasteiger partial charge in [-0.25, -0.2) is 4.79 Å². The minimum Gasteiger partial charge on any atom is -0.506 e. The maximum Gasteiger partial charge on any atom is 0.343 e. The number of carbonyl (C=O) groups excluding carboxylic acids is 1. The van der Waals surface area contributed by atoms with Gasteiger partial charge in [-0.15, -0.1) is 0 Å². The SMILES string of the molecule is CCOC(=O)c1c[nH]c2cc(C)c(I)c(O)c2c1=O. The molecule has 5 nitrogen and oxygen atoms in total. The second-order valence-corrected chi connectivity index (χ2v) is 5.11. The number of hydrogen-bond acceptors (Lipinski definition) is 4. The van der Waals surface area contributed by atoms with Crippen molar-refractivity contribution in [3.8, 4) is 5.75 Å². The van der Waals surface area contributed by atoms with E-state index >= 15 is 0 Å². The van der Waals surface area contributed by atoms with Gasteiger partial charge in [0.05, 0.1) is 21.1 Å². The number of carbonyl (C=O) groups is 1. The predicted octanol–water partition coefficient (Wildman–Crippen LogP) is 2.32. The maximum atomic E-state index is 12.2. The van der Waals surface area contributed by atoms with Gasteiger partial charge in [-0.1, -0.05) is 0 Å². The Kier molecular flexibility index (Phi) is 3.79. The molecule has 0 atom stereocenters. The summed E-state index contributed by atoms with van der Waals surface area (Å²) >= 11 is 1.96. The molecule has 2 aromatic rings. The van der Waals surface area contributed by atoms with Crippen LogP contribution < -0.4 is 5.43 Å². The average Bonchev–Trinajstić information content (AvgIpc) is 2.36. The summed E-state index contributed by atoms with van der Waals surface area (Å²) in [5.41, 5.74) is 0.713. The molecule has 0 amide bonds. The molecule has 100 valence electrons. The molecule has 6 heteroatoms. The average molecular weight is 373 g/mol. The predicted molar refractivity (Wildman–Crippen MR) is 79.6 cm³/mol. The number of aromatic nitrogens is 1. The van der Waals surface area contributed by atoms with Crippen LogP contribution in [0, 0.1) is 10.5 Å². The van der Waals surface area contributed by atoms with E-state index < -0.39 is 11.4 Å². The molecular formula is C13H12INO4. The molecule has 0 aliphatic heterocycles. The first-order valence-electron chi connectivity index (χ1n) is 5.68. The summed E-state index contributed by atoms with van der Waals surface area (Å²) in [4.78, 5) is 26.7. The Hall–Kier alpha value is -1.57. The van der Waals surface area contributed by atoms with Gasteiger partial charge in [0.15, 0.2) is 0 Å². The molecule has 2 N–H and O–H groups in total. The third kappa shape index (κ3) is 2.32. The zero-order valence-electron chi connectivity index (χ0n) is 10.4. The molecule has 0 spiro atoms. The first kappa shape index (κ1) is 13.9.